The molecule has 3 aromatic heterocycles. The Labute approximate surface area is 137 Å². The second-order valence-corrected chi connectivity index (χ2v) is 6.34. The third-order valence-corrected chi connectivity index (χ3v) is 3.94. The Balaban J connectivity index is 1.62. The molecular weight excluding hydrogens is 284 g/mol. The Morgan fingerprint density at radius 3 is 2.74 bits per heavy atom. The van der Waals surface area contributed by atoms with Gasteiger partial charge in [0.1, 0.15) is 5.65 Å². The molecular formula is C19H24N4. The van der Waals surface area contributed by atoms with Crippen molar-refractivity contribution in [2.24, 2.45) is 5.92 Å². The predicted molar refractivity (Wildman–Crippen MR) is 93.3 cm³/mol. The number of aromatic nitrogens is 3. The Bertz CT molecular complexity index is 700. The molecule has 3 heterocycles. The minimum absolute atomic E-state index is 0.299. The van der Waals surface area contributed by atoms with Crippen molar-refractivity contribution in [2.75, 3.05) is 6.54 Å². The van der Waals surface area contributed by atoms with Crippen LogP contribution >= 0.6 is 0 Å². The molecule has 0 aliphatic rings. The van der Waals surface area contributed by atoms with E-state index in [-0.39, 0.29) is 0 Å². The maximum Gasteiger partial charge on any atom is 0.136 e. The second-order valence-electron chi connectivity index (χ2n) is 6.34. The zero-order valence-electron chi connectivity index (χ0n) is 13.8. The predicted octanol–water partition coefficient (Wildman–Crippen LogP) is 3.65. The fourth-order valence-corrected chi connectivity index (χ4v) is 2.84. The van der Waals surface area contributed by atoms with Gasteiger partial charge >= 0.3 is 0 Å². The van der Waals surface area contributed by atoms with Gasteiger partial charge in [0, 0.05) is 37.6 Å². The lowest BCUT2D eigenvalue weighted by Crippen LogP contribution is -2.25. The number of rotatable bonds is 7. The summed E-state index contributed by atoms with van der Waals surface area (Å²) in [4.78, 5) is 9.16. The normalized spacial score (nSPS) is 12.8. The molecule has 0 amide bonds. The lowest BCUT2D eigenvalue weighted by atomic mass is 10.0. The first-order valence-corrected chi connectivity index (χ1v) is 8.29. The number of nitrogens with zero attached hydrogens (tertiary/aromatic N) is 3. The van der Waals surface area contributed by atoms with Crippen molar-refractivity contribution in [1.29, 1.82) is 0 Å². The summed E-state index contributed by atoms with van der Waals surface area (Å²) in [7, 11) is 0. The molecule has 4 heteroatoms. The van der Waals surface area contributed by atoms with Gasteiger partial charge in [0.25, 0.3) is 0 Å². The van der Waals surface area contributed by atoms with Crippen molar-refractivity contribution in [3.05, 3.63) is 66.4 Å². The molecule has 0 aliphatic carbocycles. The van der Waals surface area contributed by atoms with Crippen molar-refractivity contribution in [2.45, 2.75) is 32.7 Å². The summed E-state index contributed by atoms with van der Waals surface area (Å²) >= 11 is 0. The van der Waals surface area contributed by atoms with Crippen LogP contribution in [-0.4, -0.2) is 20.9 Å². The molecule has 23 heavy (non-hydrogen) atoms. The summed E-state index contributed by atoms with van der Waals surface area (Å²) in [6.45, 7) is 5.40. The molecule has 0 aromatic carbocycles. The van der Waals surface area contributed by atoms with Crippen LogP contribution in [-0.2, 0) is 6.42 Å². The van der Waals surface area contributed by atoms with Gasteiger partial charge in [-0.3, -0.25) is 4.98 Å². The van der Waals surface area contributed by atoms with Crippen LogP contribution < -0.4 is 5.32 Å². The van der Waals surface area contributed by atoms with Crippen molar-refractivity contribution >= 4 is 5.65 Å². The molecule has 0 fully saturated rings. The highest BCUT2D eigenvalue weighted by molar-refractivity contribution is 5.39. The molecule has 0 bridgehead atoms. The van der Waals surface area contributed by atoms with Gasteiger partial charge in [-0.2, -0.15) is 0 Å². The molecule has 0 spiro atoms. The van der Waals surface area contributed by atoms with Crippen molar-refractivity contribution in [1.82, 2.24) is 19.7 Å². The number of hydrogen-bond acceptors (Lipinski definition) is 3. The third-order valence-electron chi connectivity index (χ3n) is 3.94. The van der Waals surface area contributed by atoms with Crippen LogP contribution in [0.3, 0.4) is 0 Å². The van der Waals surface area contributed by atoms with Gasteiger partial charge in [-0.05, 0) is 36.6 Å². The molecule has 0 radical (unpaired) electrons. The van der Waals surface area contributed by atoms with Crippen molar-refractivity contribution < 1.29 is 0 Å². The van der Waals surface area contributed by atoms with Gasteiger partial charge < -0.3 is 9.72 Å². The van der Waals surface area contributed by atoms with Gasteiger partial charge in [0.15, 0.2) is 0 Å². The van der Waals surface area contributed by atoms with Gasteiger partial charge in [0.2, 0.25) is 0 Å². The Hall–Kier alpha value is -2.20. The monoisotopic (exact) mass is 308 g/mol. The second kappa shape index (κ2) is 7.38. The average molecular weight is 308 g/mol. The minimum atomic E-state index is 0.299. The van der Waals surface area contributed by atoms with E-state index in [0.717, 1.165) is 36.4 Å². The van der Waals surface area contributed by atoms with Crippen molar-refractivity contribution in [3.63, 3.8) is 0 Å². The first kappa shape index (κ1) is 15.7. The average Bonchev–Trinajstić information content (AvgIpc) is 2.97. The number of pyridine rings is 2. The fourth-order valence-electron chi connectivity index (χ4n) is 2.84. The molecule has 3 aromatic rings. The lowest BCUT2D eigenvalue weighted by molar-refractivity contribution is 0.424. The molecule has 1 atom stereocenters. The van der Waals surface area contributed by atoms with Crippen LogP contribution in [0.25, 0.3) is 5.65 Å². The highest BCUT2D eigenvalue weighted by Crippen LogP contribution is 2.19. The highest BCUT2D eigenvalue weighted by atomic mass is 15.0. The first-order valence-electron chi connectivity index (χ1n) is 8.29. The summed E-state index contributed by atoms with van der Waals surface area (Å²) in [5.41, 5.74) is 3.25. The van der Waals surface area contributed by atoms with Crippen LogP contribution in [0.5, 0.6) is 0 Å². The maximum atomic E-state index is 4.65. The topological polar surface area (TPSA) is 42.2 Å². The summed E-state index contributed by atoms with van der Waals surface area (Å²) in [6, 6.07) is 12.5. The molecule has 3 rings (SSSR count). The number of imidazole rings is 1. The van der Waals surface area contributed by atoms with Crippen LogP contribution in [0.1, 0.15) is 37.7 Å². The van der Waals surface area contributed by atoms with Crippen LogP contribution in [0.2, 0.25) is 0 Å². The van der Waals surface area contributed by atoms with Gasteiger partial charge in [-0.25, -0.2) is 4.98 Å². The SMILES string of the molecule is CC(C)C[C@H](NCCc1cn2ccccc2n1)c1ccccn1. The van der Waals surface area contributed by atoms with Crippen LogP contribution in [0, 0.1) is 5.92 Å². The maximum absolute atomic E-state index is 4.65. The first-order chi connectivity index (χ1) is 11.2. The molecule has 0 saturated heterocycles. The number of hydrogen-bond donors (Lipinski definition) is 1. The quantitative estimate of drug-likeness (QED) is 0.724. The van der Waals surface area contributed by atoms with E-state index >= 15 is 0 Å². The van der Waals surface area contributed by atoms with E-state index in [1.165, 1.54) is 0 Å². The van der Waals surface area contributed by atoms with E-state index in [4.69, 9.17) is 0 Å². The zero-order chi connectivity index (χ0) is 16.1. The van der Waals surface area contributed by atoms with Crippen molar-refractivity contribution in [3.8, 4) is 0 Å². The molecule has 0 unspecified atom stereocenters. The smallest absolute Gasteiger partial charge is 0.136 e. The van der Waals surface area contributed by atoms with E-state index < -0.39 is 0 Å². The number of fused-ring (bicyclic) bond motifs is 1. The van der Waals surface area contributed by atoms with Gasteiger partial charge in [-0.15, -0.1) is 0 Å². The summed E-state index contributed by atoms with van der Waals surface area (Å²) in [6.07, 6.45) is 8.02. The zero-order valence-corrected chi connectivity index (χ0v) is 13.8. The van der Waals surface area contributed by atoms with E-state index in [1.54, 1.807) is 0 Å². The van der Waals surface area contributed by atoms with E-state index in [9.17, 15) is 0 Å². The third kappa shape index (κ3) is 4.17. The number of nitrogens with one attached hydrogen (secondary N) is 1. The van der Waals surface area contributed by atoms with Gasteiger partial charge in [0.05, 0.1) is 11.4 Å². The molecule has 1 N–H and O–H groups in total. The van der Waals surface area contributed by atoms with Crippen LogP contribution in [0.15, 0.2) is 55.0 Å². The molecule has 0 aliphatic heterocycles. The fraction of sp³-hybridized carbons (Fsp3) is 0.368. The molecule has 4 nitrogen and oxygen atoms in total. The Morgan fingerprint density at radius 1 is 1.13 bits per heavy atom. The summed E-state index contributed by atoms with van der Waals surface area (Å²) in [5.74, 6) is 0.629. The van der Waals surface area contributed by atoms with E-state index in [0.29, 0.717) is 12.0 Å². The highest BCUT2D eigenvalue weighted by Gasteiger charge is 2.14. The molecule has 0 saturated carbocycles. The van der Waals surface area contributed by atoms with Gasteiger partial charge in [-0.1, -0.05) is 26.0 Å². The summed E-state index contributed by atoms with van der Waals surface area (Å²) < 4.78 is 2.07. The minimum Gasteiger partial charge on any atom is -0.308 e. The van der Waals surface area contributed by atoms with Crippen LogP contribution in [0.4, 0.5) is 0 Å². The Morgan fingerprint density at radius 2 is 2.00 bits per heavy atom. The lowest BCUT2D eigenvalue weighted by Gasteiger charge is -2.20. The molecule has 120 valence electrons. The standard InChI is InChI=1S/C19H24N4/c1-15(2)13-18(17-7-3-5-10-20-17)21-11-9-16-14-23-12-6-4-8-19(23)22-16/h3-8,10,12,14-15,18,21H,9,11,13H2,1-2H3/t18-/m0/s1. The Kier molecular flexibility index (Phi) is 5.03. The summed E-state index contributed by atoms with van der Waals surface area (Å²) in [5, 5.41) is 3.65. The largest absolute Gasteiger partial charge is 0.308 e. The van der Waals surface area contributed by atoms with E-state index in [1.807, 2.05) is 36.7 Å². The van der Waals surface area contributed by atoms with E-state index in [2.05, 4.69) is 51.9 Å².